The van der Waals surface area contributed by atoms with E-state index in [2.05, 4.69) is 5.32 Å². The number of esters is 1. The van der Waals surface area contributed by atoms with Crippen LogP contribution < -0.4 is 15.8 Å². The molecular formula is C22H23N5O5S2. The Labute approximate surface area is 204 Å². The summed E-state index contributed by atoms with van der Waals surface area (Å²) < 4.78 is 6.59. The van der Waals surface area contributed by atoms with Crippen LogP contribution in [0.5, 0.6) is 0 Å². The van der Waals surface area contributed by atoms with Gasteiger partial charge in [0.15, 0.2) is 0 Å². The second kappa shape index (κ2) is 9.55. The fraction of sp³-hybridized carbons (Fsp3) is 0.364. The molecule has 10 nitrogen and oxygen atoms in total. The van der Waals surface area contributed by atoms with Gasteiger partial charge < -0.3 is 15.0 Å². The number of thioether (sulfide) groups is 1. The molecule has 0 saturated carbocycles. The summed E-state index contributed by atoms with van der Waals surface area (Å²) in [5.74, 6) is -0.998. The summed E-state index contributed by atoms with van der Waals surface area (Å²) >= 11 is 6.41. The Balaban J connectivity index is 1.94. The lowest BCUT2D eigenvalue weighted by Crippen LogP contribution is -2.57. The van der Waals surface area contributed by atoms with Crippen LogP contribution in [-0.2, 0) is 19.1 Å². The van der Waals surface area contributed by atoms with Crippen molar-refractivity contribution in [3.05, 3.63) is 44.7 Å². The number of hydrogen-bond acceptors (Lipinski definition) is 9. The third-order valence-corrected chi connectivity index (χ3v) is 7.10. The zero-order valence-electron chi connectivity index (χ0n) is 18.9. The molecule has 2 aliphatic rings. The van der Waals surface area contributed by atoms with Crippen LogP contribution in [0.3, 0.4) is 0 Å². The Bertz CT molecular complexity index is 1300. The summed E-state index contributed by atoms with van der Waals surface area (Å²) in [5.41, 5.74) is 0.928. The van der Waals surface area contributed by atoms with Crippen molar-refractivity contribution in [2.75, 3.05) is 31.6 Å². The molecule has 34 heavy (non-hydrogen) atoms. The van der Waals surface area contributed by atoms with Gasteiger partial charge in [-0.2, -0.15) is 0 Å². The number of nitrogens with one attached hydrogen (secondary N) is 1. The molecule has 2 saturated heterocycles. The van der Waals surface area contributed by atoms with E-state index in [1.54, 1.807) is 17.2 Å². The number of rotatable bonds is 5. The molecule has 2 fully saturated rings. The molecule has 12 heteroatoms. The highest BCUT2D eigenvalue weighted by Gasteiger charge is 2.36. The highest BCUT2D eigenvalue weighted by Crippen LogP contribution is 2.34. The number of carbonyl (C=O) groups excluding carboxylic acids is 3. The number of aryl methyl sites for hydroxylation is 1. The second-order valence-electron chi connectivity index (χ2n) is 7.75. The molecule has 2 aliphatic heterocycles. The lowest BCUT2D eigenvalue weighted by atomic mass is 10.1. The standard InChI is InChI=1S/C22H23N5O5S2/c1-4-25-21(31)15(34-22(25)33)10-13-18(24-17-12(2)6-5-8-27(17)20(13)30)26-9-7-23-19(29)14(26)11-16(28)32-3/h5-6,8,10,14H,4,7,9,11H2,1-3H3,(H,23,29)/b15-10-. The molecule has 0 radical (unpaired) electrons. The predicted molar refractivity (Wildman–Crippen MR) is 133 cm³/mol. The maximum atomic E-state index is 13.6. The van der Waals surface area contributed by atoms with Crippen LogP contribution in [0.1, 0.15) is 24.5 Å². The van der Waals surface area contributed by atoms with Gasteiger partial charge >= 0.3 is 5.97 Å². The number of aromatic nitrogens is 2. The Morgan fingerprint density at radius 1 is 1.38 bits per heavy atom. The zero-order valence-corrected chi connectivity index (χ0v) is 20.5. The fourth-order valence-electron chi connectivity index (χ4n) is 3.96. The van der Waals surface area contributed by atoms with Crippen molar-refractivity contribution in [1.29, 1.82) is 0 Å². The average Bonchev–Trinajstić information content (AvgIpc) is 3.09. The Kier molecular flexibility index (Phi) is 6.71. The van der Waals surface area contributed by atoms with Crippen molar-refractivity contribution in [1.82, 2.24) is 19.6 Å². The Morgan fingerprint density at radius 3 is 2.82 bits per heavy atom. The first kappa shape index (κ1) is 23.9. The Morgan fingerprint density at radius 2 is 2.15 bits per heavy atom. The summed E-state index contributed by atoms with van der Waals surface area (Å²) in [6, 6.07) is 2.64. The molecule has 1 N–H and O–H groups in total. The lowest BCUT2D eigenvalue weighted by Gasteiger charge is -2.36. The molecule has 0 spiro atoms. The van der Waals surface area contributed by atoms with Gasteiger partial charge in [-0.3, -0.25) is 28.5 Å². The lowest BCUT2D eigenvalue weighted by molar-refractivity contribution is -0.143. The number of piperazine rings is 1. The second-order valence-corrected chi connectivity index (χ2v) is 9.42. The minimum Gasteiger partial charge on any atom is -0.469 e. The van der Waals surface area contributed by atoms with Crippen LogP contribution in [0.2, 0.25) is 0 Å². The number of pyridine rings is 1. The molecule has 2 aromatic heterocycles. The largest absolute Gasteiger partial charge is 0.469 e. The molecule has 1 unspecified atom stereocenters. The number of amides is 2. The summed E-state index contributed by atoms with van der Waals surface area (Å²) in [5, 5.41) is 2.75. The summed E-state index contributed by atoms with van der Waals surface area (Å²) in [7, 11) is 1.25. The zero-order chi connectivity index (χ0) is 24.6. The third-order valence-electron chi connectivity index (χ3n) is 5.72. The van der Waals surface area contributed by atoms with Crippen LogP contribution in [0.25, 0.3) is 11.7 Å². The van der Waals surface area contributed by atoms with Gasteiger partial charge in [-0.15, -0.1) is 0 Å². The quantitative estimate of drug-likeness (QED) is 0.365. The number of nitrogens with zero attached hydrogens (tertiary/aromatic N) is 4. The SMILES string of the molecule is CCN1C(=O)/C(=C/c2c(N3CCNC(=O)C3CC(=O)OC)nc3c(C)cccn3c2=O)SC1=S. The topological polar surface area (TPSA) is 113 Å². The van der Waals surface area contributed by atoms with Gasteiger partial charge in [0.1, 0.15) is 21.8 Å². The highest BCUT2D eigenvalue weighted by molar-refractivity contribution is 8.26. The third kappa shape index (κ3) is 4.18. The van der Waals surface area contributed by atoms with Gasteiger partial charge in [-0.05, 0) is 31.6 Å². The molecule has 2 aromatic rings. The monoisotopic (exact) mass is 501 g/mol. The van der Waals surface area contributed by atoms with Gasteiger partial charge in [0, 0.05) is 25.8 Å². The van der Waals surface area contributed by atoms with Gasteiger partial charge in [-0.1, -0.05) is 30.0 Å². The highest BCUT2D eigenvalue weighted by atomic mass is 32.2. The number of carbonyl (C=O) groups is 3. The van der Waals surface area contributed by atoms with E-state index >= 15 is 0 Å². The number of ether oxygens (including phenoxy) is 1. The Hall–Kier alpha value is -3.25. The molecular weight excluding hydrogens is 478 g/mol. The number of hydrogen-bond donors (Lipinski definition) is 1. The summed E-state index contributed by atoms with van der Waals surface area (Å²) in [6.07, 6.45) is 2.87. The number of anilines is 1. The first-order chi connectivity index (χ1) is 16.3. The first-order valence-corrected chi connectivity index (χ1v) is 11.9. The van der Waals surface area contributed by atoms with Crippen molar-refractivity contribution in [2.24, 2.45) is 0 Å². The van der Waals surface area contributed by atoms with Crippen LogP contribution in [0, 0.1) is 6.92 Å². The summed E-state index contributed by atoms with van der Waals surface area (Å²) in [4.78, 5) is 59.4. The van der Waals surface area contributed by atoms with Gasteiger partial charge in [0.2, 0.25) is 5.91 Å². The van der Waals surface area contributed by atoms with E-state index in [0.717, 1.165) is 17.3 Å². The van der Waals surface area contributed by atoms with Crippen LogP contribution in [-0.4, -0.2) is 69.2 Å². The summed E-state index contributed by atoms with van der Waals surface area (Å²) in [6.45, 7) is 4.68. The smallest absolute Gasteiger partial charge is 0.308 e. The molecule has 178 valence electrons. The van der Waals surface area contributed by atoms with Crippen molar-refractivity contribution < 1.29 is 19.1 Å². The van der Waals surface area contributed by atoms with E-state index in [0.29, 0.717) is 34.5 Å². The van der Waals surface area contributed by atoms with Crippen LogP contribution >= 0.6 is 24.0 Å². The predicted octanol–water partition coefficient (Wildman–Crippen LogP) is 1.09. The number of thiocarbonyl (C=S) groups is 1. The normalized spacial score (nSPS) is 19.8. The molecule has 1 atom stereocenters. The molecule has 4 rings (SSSR count). The van der Waals surface area contributed by atoms with Crippen molar-refractivity contribution in [2.45, 2.75) is 26.3 Å². The van der Waals surface area contributed by atoms with E-state index < -0.39 is 17.6 Å². The van der Waals surface area contributed by atoms with E-state index in [1.807, 2.05) is 19.9 Å². The van der Waals surface area contributed by atoms with Gasteiger partial charge in [-0.25, -0.2) is 4.98 Å². The average molecular weight is 502 g/mol. The fourth-order valence-corrected chi connectivity index (χ4v) is 5.33. The first-order valence-electron chi connectivity index (χ1n) is 10.6. The maximum Gasteiger partial charge on any atom is 0.308 e. The number of fused-ring (bicyclic) bond motifs is 1. The number of methoxy groups -OCH3 is 1. The minimum absolute atomic E-state index is 0.143. The van der Waals surface area contributed by atoms with Crippen molar-refractivity contribution in [3.8, 4) is 0 Å². The molecule has 0 aliphatic carbocycles. The van der Waals surface area contributed by atoms with Crippen molar-refractivity contribution in [3.63, 3.8) is 0 Å². The van der Waals surface area contributed by atoms with Crippen molar-refractivity contribution >= 4 is 63.6 Å². The van der Waals surface area contributed by atoms with Crippen LogP contribution in [0.15, 0.2) is 28.0 Å². The molecule has 4 heterocycles. The molecule has 2 amide bonds. The minimum atomic E-state index is -0.920. The van der Waals surface area contributed by atoms with Gasteiger partial charge in [0.05, 0.1) is 24.0 Å². The molecule has 0 bridgehead atoms. The van der Waals surface area contributed by atoms with E-state index in [1.165, 1.54) is 22.5 Å². The van der Waals surface area contributed by atoms with E-state index in [-0.39, 0.29) is 29.6 Å². The van der Waals surface area contributed by atoms with Crippen LogP contribution in [0.4, 0.5) is 5.82 Å². The van der Waals surface area contributed by atoms with E-state index in [4.69, 9.17) is 21.9 Å². The molecule has 0 aromatic carbocycles. The van der Waals surface area contributed by atoms with Gasteiger partial charge in [0.25, 0.3) is 11.5 Å². The van der Waals surface area contributed by atoms with E-state index in [9.17, 15) is 19.2 Å². The number of likely N-dealkylation sites (N-methyl/N-ethyl adjacent to an activating group) is 1. The maximum absolute atomic E-state index is 13.6.